The van der Waals surface area contributed by atoms with Gasteiger partial charge in [0, 0.05) is 17.5 Å². The van der Waals surface area contributed by atoms with Crippen LogP contribution < -0.4 is 5.32 Å². The molecule has 0 saturated carbocycles. The van der Waals surface area contributed by atoms with Gasteiger partial charge in [0.25, 0.3) is 0 Å². The molecule has 3 heteroatoms. The molecule has 3 fully saturated rings. The minimum Gasteiger partial charge on any atom is -0.302 e. The van der Waals surface area contributed by atoms with Gasteiger partial charge in [-0.15, -0.1) is 11.3 Å². The van der Waals surface area contributed by atoms with Gasteiger partial charge in [-0.05, 0) is 48.9 Å². The second-order valence-corrected chi connectivity index (χ2v) is 7.25. The molecule has 0 spiro atoms. The van der Waals surface area contributed by atoms with Gasteiger partial charge in [0.05, 0.1) is 6.04 Å². The number of fused-ring (bicyclic) bond motifs is 3. The summed E-state index contributed by atoms with van der Waals surface area (Å²) in [6.07, 6.45) is 2.73. The highest BCUT2D eigenvalue weighted by Gasteiger charge is 2.35. The van der Waals surface area contributed by atoms with Crippen LogP contribution in [-0.2, 0) is 0 Å². The third kappa shape index (κ3) is 2.78. The fourth-order valence-corrected chi connectivity index (χ4v) is 4.62. The molecule has 0 aliphatic carbocycles. The molecule has 2 atom stereocenters. The monoisotopic (exact) mass is 298 g/mol. The molecule has 5 rings (SSSR count). The Morgan fingerprint density at radius 2 is 1.86 bits per heavy atom. The highest BCUT2D eigenvalue weighted by Crippen LogP contribution is 2.32. The summed E-state index contributed by atoms with van der Waals surface area (Å²) in [5, 5.41) is 6.16. The van der Waals surface area contributed by atoms with E-state index in [4.69, 9.17) is 0 Å². The lowest BCUT2D eigenvalue weighted by atomic mass is 9.83. The Morgan fingerprint density at radius 3 is 2.48 bits per heavy atom. The topological polar surface area (TPSA) is 15.3 Å². The molecule has 3 aliphatic heterocycles. The predicted molar refractivity (Wildman–Crippen MR) is 88.7 cm³/mol. The van der Waals surface area contributed by atoms with E-state index in [1.807, 2.05) is 11.3 Å². The molecular formula is C18H22N2S. The van der Waals surface area contributed by atoms with Gasteiger partial charge in [0.1, 0.15) is 0 Å². The molecule has 2 aromatic rings. The van der Waals surface area contributed by atoms with Crippen molar-refractivity contribution < 1.29 is 0 Å². The molecule has 3 aliphatic rings. The van der Waals surface area contributed by atoms with E-state index in [2.05, 4.69) is 58.1 Å². The fourth-order valence-electron chi connectivity index (χ4n) is 3.81. The molecule has 2 unspecified atom stereocenters. The van der Waals surface area contributed by atoms with E-state index >= 15 is 0 Å². The molecular weight excluding hydrogens is 276 g/mol. The van der Waals surface area contributed by atoms with Crippen LogP contribution >= 0.6 is 11.3 Å². The van der Waals surface area contributed by atoms with Crippen LogP contribution in [0.3, 0.4) is 0 Å². The number of hydrogen-bond donors (Lipinski definition) is 1. The Labute approximate surface area is 130 Å². The summed E-state index contributed by atoms with van der Waals surface area (Å²) in [4.78, 5) is 4.05. The molecule has 110 valence electrons. The smallest absolute Gasteiger partial charge is 0.0673 e. The Bertz CT molecular complexity index is 558. The van der Waals surface area contributed by atoms with Crippen molar-refractivity contribution >= 4 is 11.3 Å². The lowest BCUT2D eigenvalue weighted by molar-refractivity contribution is 0.0693. The number of thiophene rings is 1. The second kappa shape index (κ2) is 5.91. The van der Waals surface area contributed by atoms with E-state index < -0.39 is 0 Å². The van der Waals surface area contributed by atoms with Crippen LogP contribution in [0.5, 0.6) is 0 Å². The van der Waals surface area contributed by atoms with E-state index in [9.17, 15) is 0 Å². The van der Waals surface area contributed by atoms with Crippen molar-refractivity contribution in [1.29, 1.82) is 0 Å². The number of nitrogens with one attached hydrogen (secondary N) is 1. The van der Waals surface area contributed by atoms with Crippen LogP contribution in [0.4, 0.5) is 0 Å². The average Bonchev–Trinajstić information content (AvgIpc) is 3.09. The van der Waals surface area contributed by atoms with Crippen molar-refractivity contribution in [2.24, 2.45) is 5.92 Å². The summed E-state index contributed by atoms with van der Waals surface area (Å²) in [5.74, 6) is 0.862. The SMILES string of the molecule is c1ccc(C(NC2CN3CCC2CC3)c2cccs2)cc1. The fraction of sp³-hybridized carbons (Fsp3) is 0.444. The quantitative estimate of drug-likeness (QED) is 0.929. The molecule has 1 aromatic carbocycles. The molecule has 1 aromatic heterocycles. The summed E-state index contributed by atoms with van der Waals surface area (Å²) in [7, 11) is 0. The van der Waals surface area contributed by atoms with Gasteiger partial charge in [-0.25, -0.2) is 0 Å². The third-order valence-corrected chi connectivity index (χ3v) is 5.93. The molecule has 3 saturated heterocycles. The number of piperidine rings is 3. The van der Waals surface area contributed by atoms with Gasteiger partial charge in [0.15, 0.2) is 0 Å². The lowest BCUT2D eigenvalue weighted by Crippen LogP contribution is -2.56. The van der Waals surface area contributed by atoms with Crippen LogP contribution in [0.15, 0.2) is 47.8 Å². The molecule has 2 nitrogen and oxygen atoms in total. The Kier molecular flexibility index (Phi) is 3.80. The van der Waals surface area contributed by atoms with Crippen LogP contribution in [0, 0.1) is 5.92 Å². The van der Waals surface area contributed by atoms with E-state index in [-0.39, 0.29) is 0 Å². The average molecular weight is 298 g/mol. The van der Waals surface area contributed by atoms with Crippen molar-refractivity contribution in [3.8, 4) is 0 Å². The first-order chi connectivity index (χ1) is 10.4. The standard InChI is InChI=1S/C18H22N2S/c1-2-5-15(6-3-1)18(17-7-4-12-21-17)19-16-13-20-10-8-14(16)9-11-20/h1-7,12,14,16,18-19H,8-11,13H2. The first-order valence-electron chi connectivity index (χ1n) is 7.97. The van der Waals surface area contributed by atoms with E-state index in [0.29, 0.717) is 12.1 Å². The van der Waals surface area contributed by atoms with Crippen molar-refractivity contribution in [3.05, 3.63) is 58.3 Å². The predicted octanol–water partition coefficient (Wildman–Crippen LogP) is 3.52. The van der Waals surface area contributed by atoms with Gasteiger partial charge in [0.2, 0.25) is 0 Å². The van der Waals surface area contributed by atoms with Gasteiger partial charge >= 0.3 is 0 Å². The zero-order valence-corrected chi connectivity index (χ0v) is 13.1. The highest BCUT2D eigenvalue weighted by atomic mass is 32.1. The van der Waals surface area contributed by atoms with E-state index in [1.54, 1.807) is 0 Å². The first-order valence-corrected chi connectivity index (χ1v) is 8.85. The van der Waals surface area contributed by atoms with Gasteiger partial charge in [-0.1, -0.05) is 36.4 Å². The zero-order valence-electron chi connectivity index (χ0n) is 12.2. The minimum atomic E-state index is 0.344. The van der Waals surface area contributed by atoms with Crippen LogP contribution in [0.2, 0.25) is 0 Å². The van der Waals surface area contributed by atoms with Crippen molar-refractivity contribution in [1.82, 2.24) is 10.2 Å². The van der Waals surface area contributed by atoms with Crippen LogP contribution in [0.1, 0.15) is 29.3 Å². The second-order valence-electron chi connectivity index (χ2n) is 6.27. The van der Waals surface area contributed by atoms with E-state index in [1.165, 1.54) is 42.9 Å². The minimum absolute atomic E-state index is 0.344. The number of rotatable bonds is 4. The van der Waals surface area contributed by atoms with Crippen molar-refractivity contribution in [3.63, 3.8) is 0 Å². The molecule has 1 N–H and O–H groups in total. The van der Waals surface area contributed by atoms with Crippen molar-refractivity contribution in [2.75, 3.05) is 19.6 Å². The molecule has 4 heterocycles. The molecule has 0 radical (unpaired) electrons. The summed E-state index contributed by atoms with van der Waals surface area (Å²) in [5.41, 5.74) is 1.39. The summed E-state index contributed by atoms with van der Waals surface area (Å²) < 4.78 is 0. The molecule has 2 bridgehead atoms. The maximum Gasteiger partial charge on any atom is 0.0673 e. The van der Waals surface area contributed by atoms with Crippen molar-refractivity contribution in [2.45, 2.75) is 24.9 Å². The number of hydrogen-bond acceptors (Lipinski definition) is 3. The van der Waals surface area contributed by atoms with Gasteiger partial charge in [-0.2, -0.15) is 0 Å². The largest absolute Gasteiger partial charge is 0.302 e. The summed E-state index contributed by atoms with van der Waals surface area (Å²) >= 11 is 1.86. The summed E-state index contributed by atoms with van der Waals surface area (Å²) in [6.45, 7) is 3.83. The number of nitrogens with zero attached hydrogens (tertiary/aromatic N) is 1. The maximum absolute atomic E-state index is 3.97. The Morgan fingerprint density at radius 1 is 1.05 bits per heavy atom. The summed E-state index contributed by atoms with van der Waals surface area (Å²) in [6, 6.07) is 16.3. The Balaban J connectivity index is 1.59. The van der Waals surface area contributed by atoms with E-state index in [0.717, 1.165) is 5.92 Å². The van der Waals surface area contributed by atoms with Crippen LogP contribution in [-0.4, -0.2) is 30.6 Å². The highest BCUT2D eigenvalue weighted by molar-refractivity contribution is 7.10. The number of benzene rings is 1. The van der Waals surface area contributed by atoms with Gasteiger partial charge < -0.3 is 10.2 Å². The molecule has 0 amide bonds. The third-order valence-electron chi connectivity index (χ3n) is 5.00. The first kappa shape index (κ1) is 13.5. The zero-order chi connectivity index (χ0) is 14.1. The normalized spacial score (nSPS) is 29.4. The Hall–Kier alpha value is -1.16. The van der Waals surface area contributed by atoms with Gasteiger partial charge in [-0.3, -0.25) is 0 Å². The maximum atomic E-state index is 3.97. The molecule has 21 heavy (non-hydrogen) atoms. The lowest BCUT2D eigenvalue weighted by Gasteiger charge is -2.46. The van der Waals surface area contributed by atoms with Crippen LogP contribution in [0.25, 0.3) is 0 Å².